The number of esters is 1. The number of aromatic nitrogens is 1. The van der Waals surface area contributed by atoms with Crippen LogP contribution in [-0.4, -0.2) is 51.8 Å². The molecule has 1 aliphatic carbocycles. The molecule has 3 rings (SSSR count). The molecule has 1 aromatic heterocycles. The van der Waals surface area contributed by atoms with Gasteiger partial charge in [0.25, 0.3) is 5.91 Å². The van der Waals surface area contributed by atoms with E-state index in [0.29, 0.717) is 18.5 Å². The molecule has 1 saturated carbocycles. The molecule has 3 amide bonds. The first-order chi connectivity index (χ1) is 14.2. The number of nitrogens with zero attached hydrogens (tertiary/aromatic N) is 2. The van der Waals surface area contributed by atoms with Crippen molar-refractivity contribution in [3.8, 4) is 0 Å². The highest BCUT2D eigenvalue weighted by molar-refractivity contribution is 6.09. The largest absolute Gasteiger partial charge is 0.456 e. The van der Waals surface area contributed by atoms with Crippen LogP contribution in [0.3, 0.4) is 0 Å². The minimum atomic E-state index is -0.922. The first-order valence-electron chi connectivity index (χ1n) is 10.3. The summed E-state index contributed by atoms with van der Waals surface area (Å²) in [5, 5.41) is 2.80. The summed E-state index contributed by atoms with van der Waals surface area (Å²) in [6.45, 7) is 9.01. The van der Waals surface area contributed by atoms with E-state index in [9.17, 15) is 19.2 Å². The first-order valence-corrected chi connectivity index (χ1v) is 10.3. The summed E-state index contributed by atoms with van der Waals surface area (Å²) in [4.78, 5) is 50.9. The van der Waals surface area contributed by atoms with Gasteiger partial charge in [-0.2, -0.15) is 0 Å². The van der Waals surface area contributed by atoms with Gasteiger partial charge in [-0.05, 0) is 38.7 Å². The van der Waals surface area contributed by atoms with Crippen molar-refractivity contribution >= 4 is 23.7 Å². The highest BCUT2D eigenvalue weighted by Gasteiger charge is 2.55. The summed E-state index contributed by atoms with van der Waals surface area (Å²) in [6, 6.07) is 1.17. The first kappa shape index (κ1) is 21.8. The topological polar surface area (TPSA) is 97.7 Å². The van der Waals surface area contributed by atoms with Crippen molar-refractivity contribution in [2.45, 2.75) is 58.5 Å². The Morgan fingerprint density at radius 3 is 2.73 bits per heavy atom. The van der Waals surface area contributed by atoms with Gasteiger partial charge in [0.1, 0.15) is 12.1 Å². The average Bonchev–Trinajstić information content (AvgIpc) is 3.12. The van der Waals surface area contributed by atoms with E-state index in [1.807, 2.05) is 25.3 Å². The van der Waals surface area contributed by atoms with Gasteiger partial charge in [0.2, 0.25) is 5.78 Å². The van der Waals surface area contributed by atoms with Gasteiger partial charge in [-0.15, -0.1) is 6.58 Å². The number of Topliss-reactive ketones (excluding diaryl/α,β-unsaturated/α-hetero) is 1. The second-order valence-electron chi connectivity index (χ2n) is 8.21. The minimum Gasteiger partial charge on any atom is -0.456 e. The molecule has 0 aromatic carbocycles. The number of amides is 3. The Kier molecular flexibility index (Phi) is 6.14. The van der Waals surface area contributed by atoms with Gasteiger partial charge >= 0.3 is 12.0 Å². The zero-order chi connectivity index (χ0) is 22.1. The lowest BCUT2D eigenvalue weighted by Gasteiger charge is -2.36. The summed E-state index contributed by atoms with van der Waals surface area (Å²) >= 11 is 0. The lowest BCUT2D eigenvalue weighted by atomic mass is 9.73. The predicted molar refractivity (Wildman–Crippen MR) is 110 cm³/mol. The molecule has 0 unspecified atom stereocenters. The molecule has 0 bridgehead atoms. The molecule has 2 aliphatic rings. The number of urea groups is 1. The highest BCUT2D eigenvalue weighted by atomic mass is 16.5. The van der Waals surface area contributed by atoms with E-state index >= 15 is 0 Å². The summed E-state index contributed by atoms with van der Waals surface area (Å²) in [5.41, 5.74) is 1.24. The van der Waals surface area contributed by atoms with Crippen LogP contribution in [0.5, 0.6) is 0 Å². The molecular formula is C22H29N3O5. The van der Waals surface area contributed by atoms with E-state index in [0.717, 1.165) is 35.6 Å². The van der Waals surface area contributed by atoms with Crippen molar-refractivity contribution in [3.05, 3.63) is 35.7 Å². The summed E-state index contributed by atoms with van der Waals surface area (Å²) < 4.78 is 7.04. The van der Waals surface area contributed by atoms with Gasteiger partial charge in [0, 0.05) is 23.5 Å². The fraction of sp³-hybridized carbons (Fsp3) is 0.545. The average molecular weight is 415 g/mol. The molecular weight excluding hydrogens is 386 g/mol. The van der Waals surface area contributed by atoms with Gasteiger partial charge in [-0.25, -0.2) is 4.79 Å². The van der Waals surface area contributed by atoms with Crippen LogP contribution in [-0.2, 0) is 20.9 Å². The smallest absolute Gasteiger partial charge is 0.326 e. The second kappa shape index (κ2) is 8.45. The zero-order valence-electron chi connectivity index (χ0n) is 17.8. The Balaban J connectivity index is 1.60. The molecule has 2 fully saturated rings. The Morgan fingerprint density at radius 1 is 1.33 bits per heavy atom. The molecule has 8 heteroatoms. The van der Waals surface area contributed by atoms with E-state index in [2.05, 4.69) is 11.9 Å². The molecule has 1 saturated heterocycles. The van der Waals surface area contributed by atoms with Crippen molar-refractivity contribution in [1.82, 2.24) is 14.8 Å². The molecule has 1 aliphatic heterocycles. The zero-order valence-corrected chi connectivity index (χ0v) is 17.8. The van der Waals surface area contributed by atoms with Crippen LogP contribution in [0.2, 0.25) is 0 Å². The van der Waals surface area contributed by atoms with E-state index < -0.39 is 30.7 Å². The number of hydrogen-bond acceptors (Lipinski definition) is 5. The lowest BCUT2D eigenvalue weighted by molar-refractivity contribution is -0.147. The normalized spacial score (nSPS) is 23.6. The number of allylic oxidation sites excluding steroid dienone is 1. The monoisotopic (exact) mass is 415 g/mol. The lowest BCUT2D eigenvalue weighted by Crippen LogP contribution is -2.54. The Morgan fingerprint density at radius 2 is 2.07 bits per heavy atom. The molecule has 0 radical (unpaired) electrons. The van der Waals surface area contributed by atoms with Crippen molar-refractivity contribution < 1.29 is 23.9 Å². The van der Waals surface area contributed by atoms with Crippen molar-refractivity contribution in [1.29, 1.82) is 0 Å². The fourth-order valence-corrected chi connectivity index (χ4v) is 4.53. The molecule has 8 nitrogen and oxygen atoms in total. The molecule has 1 aromatic rings. The number of rotatable bonds is 7. The summed E-state index contributed by atoms with van der Waals surface area (Å²) in [5.74, 6) is -1.49. The Hall–Kier alpha value is -2.90. The summed E-state index contributed by atoms with van der Waals surface area (Å²) in [6.07, 6.45) is 5.04. The standard InChI is InChI=1S/C22H29N3O5/c1-5-10-24-15(3)11-17(16(24)4)18(26)13-30-19(27)12-25-20(28)22(23-21(25)29)9-7-6-8-14(22)2/h5,11,14H,1,6-10,12-13H2,2-4H3,(H,23,29)/t14-,22-/m0/s1. The maximum atomic E-state index is 12.9. The number of nitrogens with one attached hydrogen (secondary N) is 1. The number of aryl methyl sites for hydroxylation is 1. The van der Waals surface area contributed by atoms with E-state index in [1.54, 1.807) is 12.1 Å². The number of hydrogen-bond donors (Lipinski definition) is 1. The van der Waals surface area contributed by atoms with E-state index in [4.69, 9.17) is 4.74 Å². The van der Waals surface area contributed by atoms with Gasteiger partial charge in [0.05, 0.1) is 0 Å². The maximum absolute atomic E-state index is 12.9. The van der Waals surface area contributed by atoms with Crippen LogP contribution in [0.1, 0.15) is 54.4 Å². The van der Waals surface area contributed by atoms with Crippen molar-refractivity contribution in [3.63, 3.8) is 0 Å². The van der Waals surface area contributed by atoms with Crippen molar-refractivity contribution in [2.75, 3.05) is 13.2 Å². The van der Waals surface area contributed by atoms with Crippen LogP contribution in [0.4, 0.5) is 4.79 Å². The SMILES string of the molecule is C=CCn1c(C)cc(C(=O)COC(=O)CN2C(=O)N[C@]3(CCCC[C@@H]3C)C2=O)c1C. The van der Waals surface area contributed by atoms with Gasteiger partial charge < -0.3 is 14.6 Å². The van der Waals surface area contributed by atoms with Crippen LogP contribution >= 0.6 is 0 Å². The number of carbonyl (C=O) groups excluding carboxylic acids is 4. The second-order valence-corrected chi connectivity index (χ2v) is 8.21. The number of imide groups is 1. The van der Waals surface area contributed by atoms with Crippen LogP contribution in [0, 0.1) is 19.8 Å². The number of ether oxygens (including phenoxy) is 1. The Labute approximate surface area is 176 Å². The van der Waals surface area contributed by atoms with Gasteiger partial charge in [-0.1, -0.05) is 25.8 Å². The van der Waals surface area contributed by atoms with Crippen LogP contribution < -0.4 is 5.32 Å². The third-order valence-corrected chi connectivity index (χ3v) is 6.34. The molecule has 30 heavy (non-hydrogen) atoms. The van der Waals surface area contributed by atoms with E-state index in [1.165, 1.54) is 0 Å². The summed E-state index contributed by atoms with van der Waals surface area (Å²) in [7, 11) is 0. The fourth-order valence-electron chi connectivity index (χ4n) is 4.53. The third kappa shape index (κ3) is 3.78. The number of carbonyl (C=O) groups is 4. The Bertz CT molecular complexity index is 903. The minimum absolute atomic E-state index is 0.0103. The quantitative estimate of drug-likeness (QED) is 0.319. The number of ketones is 1. The van der Waals surface area contributed by atoms with Crippen LogP contribution in [0.25, 0.3) is 0 Å². The molecule has 162 valence electrons. The molecule has 2 atom stereocenters. The molecule has 2 heterocycles. The van der Waals surface area contributed by atoms with Gasteiger partial charge in [-0.3, -0.25) is 19.3 Å². The van der Waals surface area contributed by atoms with Crippen molar-refractivity contribution in [2.24, 2.45) is 5.92 Å². The highest BCUT2D eigenvalue weighted by Crippen LogP contribution is 2.38. The molecule has 1 spiro atoms. The predicted octanol–water partition coefficient (Wildman–Crippen LogP) is 2.52. The van der Waals surface area contributed by atoms with Gasteiger partial charge in [0.15, 0.2) is 6.61 Å². The van der Waals surface area contributed by atoms with E-state index in [-0.39, 0.29) is 17.6 Å². The van der Waals surface area contributed by atoms with Crippen LogP contribution in [0.15, 0.2) is 18.7 Å². The third-order valence-electron chi connectivity index (χ3n) is 6.34. The molecule has 1 N–H and O–H groups in total. The maximum Gasteiger partial charge on any atom is 0.326 e.